The Morgan fingerprint density at radius 2 is 0.817 bits per heavy atom. The van der Waals surface area contributed by atoms with E-state index in [1.165, 1.54) is 94.6 Å². The van der Waals surface area contributed by atoms with Crippen molar-refractivity contribution in [1.82, 2.24) is 0 Å². The zero-order valence-corrected chi connectivity index (χ0v) is 36.4. The van der Waals surface area contributed by atoms with Gasteiger partial charge in [-0.3, -0.25) is 0 Å². The zero-order chi connectivity index (χ0) is 42.3. The summed E-state index contributed by atoms with van der Waals surface area (Å²) in [6, 6.07) is 70.9. The quantitative estimate of drug-likeness (QED) is 0.135. The van der Waals surface area contributed by atoms with Crippen LogP contribution in [0.3, 0.4) is 0 Å². The highest BCUT2D eigenvalue weighted by molar-refractivity contribution is 5.80. The van der Waals surface area contributed by atoms with Crippen molar-refractivity contribution in [1.29, 1.82) is 0 Å². The van der Waals surface area contributed by atoms with E-state index in [0.717, 1.165) is 6.42 Å². The molecule has 0 spiro atoms. The summed E-state index contributed by atoms with van der Waals surface area (Å²) in [6.45, 7) is 15.2. The van der Waals surface area contributed by atoms with Gasteiger partial charge in [0.15, 0.2) is 0 Å². The van der Waals surface area contributed by atoms with Crippen molar-refractivity contribution in [2.45, 2.75) is 54.9 Å². The van der Waals surface area contributed by atoms with Gasteiger partial charge in [0.05, 0.1) is 0 Å². The maximum atomic E-state index is 2.34. The second kappa shape index (κ2) is 21.3. The van der Waals surface area contributed by atoms with Gasteiger partial charge < -0.3 is 0 Å². The molecule has 0 fully saturated rings. The summed E-state index contributed by atoms with van der Waals surface area (Å²) >= 11 is 0. The Kier molecular flexibility index (Phi) is 15.2. The van der Waals surface area contributed by atoms with E-state index in [-0.39, 0.29) is 0 Å². The minimum atomic E-state index is 0.903. The SMILES string of the molecule is CC(C)=C/C(=C\Cc1cccc(-c2cccc(-c3ccccc3)c2)c1)c1ccccc1.Cc1ccccc1.Cc1ccccc1-c1ccc(-c2ccccc2C)c(C)c1C. The number of benzene rings is 8. The van der Waals surface area contributed by atoms with E-state index in [2.05, 4.69) is 243 Å². The lowest BCUT2D eigenvalue weighted by molar-refractivity contribution is 1.27. The highest BCUT2D eigenvalue weighted by Crippen LogP contribution is 2.35. The number of hydrogen-bond donors (Lipinski definition) is 0. The number of allylic oxidation sites excluding steroid dienone is 4. The fourth-order valence-corrected chi connectivity index (χ4v) is 7.51. The van der Waals surface area contributed by atoms with Gasteiger partial charge in [0.25, 0.3) is 0 Å². The van der Waals surface area contributed by atoms with Crippen LogP contribution in [0.15, 0.2) is 218 Å². The van der Waals surface area contributed by atoms with Crippen LogP contribution in [0.1, 0.15) is 52.8 Å². The lowest BCUT2D eigenvalue weighted by atomic mass is 9.88. The maximum Gasteiger partial charge on any atom is -0.00880 e. The van der Waals surface area contributed by atoms with Crippen molar-refractivity contribution >= 4 is 5.57 Å². The molecule has 0 bridgehead atoms. The van der Waals surface area contributed by atoms with Gasteiger partial charge in [-0.2, -0.15) is 0 Å². The second-order valence-corrected chi connectivity index (χ2v) is 15.8. The minimum Gasteiger partial charge on any atom is -0.0758 e. The summed E-state index contributed by atoms with van der Waals surface area (Å²) < 4.78 is 0. The molecule has 0 radical (unpaired) electrons. The average Bonchev–Trinajstić information content (AvgIpc) is 3.28. The van der Waals surface area contributed by atoms with Crippen molar-refractivity contribution in [2.75, 3.05) is 0 Å². The molecule has 60 heavy (non-hydrogen) atoms. The highest BCUT2D eigenvalue weighted by atomic mass is 14.2. The molecule has 0 heterocycles. The van der Waals surface area contributed by atoms with Gasteiger partial charge in [-0.15, -0.1) is 0 Å². The van der Waals surface area contributed by atoms with E-state index in [9.17, 15) is 0 Å². The first-order chi connectivity index (χ1) is 29.2. The fourth-order valence-electron chi connectivity index (χ4n) is 7.51. The lowest BCUT2D eigenvalue weighted by Crippen LogP contribution is -1.94. The second-order valence-electron chi connectivity index (χ2n) is 15.8. The first-order valence-electron chi connectivity index (χ1n) is 21.1. The van der Waals surface area contributed by atoms with Gasteiger partial charge in [-0.05, 0) is 144 Å². The van der Waals surface area contributed by atoms with Crippen LogP contribution in [-0.4, -0.2) is 0 Å². The van der Waals surface area contributed by atoms with Gasteiger partial charge in [0, 0.05) is 0 Å². The van der Waals surface area contributed by atoms with Gasteiger partial charge in [-0.25, -0.2) is 0 Å². The predicted molar refractivity (Wildman–Crippen MR) is 262 cm³/mol. The van der Waals surface area contributed by atoms with Gasteiger partial charge in [0.2, 0.25) is 0 Å². The Morgan fingerprint density at radius 3 is 1.32 bits per heavy atom. The summed E-state index contributed by atoms with van der Waals surface area (Å²) in [5, 5.41) is 0. The molecule has 0 saturated carbocycles. The molecule has 8 rings (SSSR count). The third-order valence-corrected chi connectivity index (χ3v) is 10.9. The molecule has 8 aromatic rings. The maximum absolute atomic E-state index is 2.34. The monoisotopic (exact) mass is 778 g/mol. The normalized spacial score (nSPS) is 10.8. The first kappa shape index (κ1) is 42.8. The number of hydrogen-bond acceptors (Lipinski definition) is 0. The van der Waals surface area contributed by atoms with E-state index in [4.69, 9.17) is 0 Å². The van der Waals surface area contributed by atoms with Crippen LogP contribution in [-0.2, 0) is 6.42 Å². The molecule has 0 N–H and O–H groups in total. The molecule has 8 aromatic carbocycles. The standard InChI is InChI=1S/C31H28.C22H22.C7H8/c1-24(2)21-31(27-14-7-4-8-15-27)20-19-25-11-9-16-28(22-25)30-18-10-17-29(23-30)26-12-5-3-6-13-26;1-15-9-5-7-11-19(15)21-13-14-22(18(4)17(21)3)20-12-8-6-10-16(20)2;1-7-5-3-2-4-6-7/h3-18,20-23H,19H2,1-2H3;5-14H,1-4H3;2-6H,1H3/b31-20+;;. The van der Waals surface area contributed by atoms with Crippen molar-refractivity contribution in [3.8, 4) is 44.5 Å². The van der Waals surface area contributed by atoms with Crippen LogP contribution in [0, 0.1) is 34.6 Å². The van der Waals surface area contributed by atoms with E-state index in [0.29, 0.717) is 0 Å². The summed E-state index contributed by atoms with van der Waals surface area (Å²) in [5.74, 6) is 0. The van der Waals surface area contributed by atoms with E-state index >= 15 is 0 Å². The van der Waals surface area contributed by atoms with Gasteiger partial charge in [0.1, 0.15) is 0 Å². The lowest BCUT2D eigenvalue weighted by Gasteiger charge is -2.16. The number of rotatable bonds is 8. The van der Waals surface area contributed by atoms with E-state index in [1.807, 2.05) is 18.2 Å². The molecule has 0 heteroatoms. The molecule has 298 valence electrons. The van der Waals surface area contributed by atoms with Gasteiger partial charge in [-0.1, -0.05) is 217 Å². The molecule has 0 saturated heterocycles. The van der Waals surface area contributed by atoms with Crippen LogP contribution in [0.2, 0.25) is 0 Å². The third-order valence-electron chi connectivity index (χ3n) is 10.9. The van der Waals surface area contributed by atoms with Crippen LogP contribution in [0.4, 0.5) is 0 Å². The smallest absolute Gasteiger partial charge is 0.00880 e. The van der Waals surface area contributed by atoms with Crippen LogP contribution >= 0.6 is 0 Å². The molecule has 0 aliphatic carbocycles. The predicted octanol–water partition coefficient (Wildman–Crippen LogP) is 16.9. The number of aryl methyl sites for hydroxylation is 3. The molecule has 0 amide bonds. The molecule has 0 atom stereocenters. The van der Waals surface area contributed by atoms with Crippen molar-refractivity contribution in [3.63, 3.8) is 0 Å². The van der Waals surface area contributed by atoms with Crippen LogP contribution < -0.4 is 0 Å². The Labute approximate surface area is 360 Å². The Bertz CT molecular complexity index is 2580. The minimum absolute atomic E-state index is 0.903. The molecule has 0 aliphatic rings. The Hall–Kier alpha value is -6.76. The summed E-state index contributed by atoms with van der Waals surface area (Å²) in [5.41, 5.74) is 22.2. The van der Waals surface area contributed by atoms with Crippen molar-refractivity contribution < 1.29 is 0 Å². The summed E-state index contributed by atoms with van der Waals surface area (Å²) in [6.07, 6.45) is 5.50. The zero-order valence-electron chi connectivity index (χ0n) is 36.4. The molecule has 0 aliphatic heterocycles. The van der Waals surface area contributed by atoms with Gasteiger partial charge >= 0.3 is 0 Å². The molecular weight excluding hydrogens is 721 g/mol. The van der Waals surface area contributed by atoms with E-state index in [1.54, 1.807) is 0 Å². The average molecular weight is 779 g/mol. The summed E-state index contributed by atoms with van der Waals surface area (Å²) in [7, 11) is 0. The van der Waals surface area contributed by atoms with E-state index < -0.39 is 0 Å². The fraction of sp³-hybridized carbons (Fsp3) is 0.133. The summed E-state index contributed by atoms with van der Waals surface area (Å²) in [4.78, 5) is 0. The van der Waals surface area contributed by atoms with Crippen molar-refractivity contribution in [3.05, 3.63) is 257 Å². The van der Waals surface area contributed by atoms with Crippen molar-refractivity contribution in [2.24, 2.45) is 0 Å². The van der Waals surface area contributed by atoms with Crippen LogP contribution in [0.25, 0.3) is 50.1 Å². The molecule has 0 nitrogen and oxygen atoms in total. The highest BCUT2D eigenvalue weighted by Gasteiger charge is 2.12. The molecular formula is C60H58. The topological polar surface area (TPSA) is 0 Å². The molecule has 0 aromatic heterocycles. The Balaban J connectivity index is 0.000000180. The largest absolute Gasteiger partial charge is 0.0758 e. The Morgan fingerprint density at radius 1 is 0.383 bits per heavy atom. The first-order valence-corrected chi connectivity index (χ1v) is 21.1. The van der Waals surface area contributed by atoms with Crippen LogP contribution in [0.5, 0.6) is 0 Å². The molecule has 0 unspecified atom stereocenters. The third kappa shape index (κ3) is 11.7.